The van der Waals surface area contributed by atoms with Gasteiger partial charge in [-0.2, -0.15) is 10.4 Å². The molecule has 2 aliphatic heterocycles. The van der Waals surface area contributed by atoms with E-state index in [0.29, 0.717) is 23.5 Å². The van der Waals surface area contributed by atoms with E-state index in [0.717, 1.165) is 58.7 Å². The van der Waals surface area contributed by atoms with Crippen LogP contribution in [0.4, 0.5) is 11.5 Å². The predicted octanol–water partition coefficient (Wildman–Crippen LogP) is 3.97. The Morgan fingerprint density at radius 3 is 2.77 bits per heavy atom. The minimum atomic E-state index is -0.0329. The predicted molar refractivity (Wildman–Crippen MR) is 120 cm³/mol. The highest BCUT2D eigenvalue weighted by molar-refractivity contribution is 5.93. The fraction of sp³-hybridized carbons (Fsp3) is 0.417. The molecule has 3 aromatic rings. The molecule has 7 heteroatoms. The van der Waals surface area contributed by atoms with Crippen molar-refractivity contribution in [1.82, 2.24) is 15.2 Å². The molecule has 31 heavy (non-hydrogen) atoms. The molecule has 0 spiro atoms. The van der Waals surface area contributed by atoms with E-state index in [1.807, 2.05) is 32.0 Å². The molecule has 7 nitrogen and oxygen atoms in total. The summed E-state index contributed by atoms with van der Waals surface area (Å²) < 4.78 is 5.79. The molecule has 0 radical (unpaired) electrons. The van der Waals surface area contributed by atoms with Crippen molar-refractivity contribution in [3.8, 4) is 6.07 Å². The number of hydrogen-bond acceptors (Lipinski definition) is 7. The van der Waals surface area contributed by atoms with Gasteiger partial charge < -0.3 is 15.0 Å². The molecule has 4 heterocycles. The van der Waals surface area contributed by atoms with Crippen LogP contribution < -0.4 is 10.2 Å². The number of fused-ring (bicyclic) bond motifs is 3. The van der Waals surface area contributed by atoms with E-state index < -0.39 is 0 Å². The van der Waals surface area contributed by atoms with Crippen LogP contribution in [0.5, 0.6) is 0 Å². The normalized spacial score (nSPS) is 20.8. The largest absolute Gasteiger partial charge is 0.374 e. The van der Waals surface area contributed by atoms with Crippen molar-refractivity contribution in [1.29, 1.82) is 5.26 Å². The van der Waals surface area contributed by atoms with Gasteiger partial charge in [0.25, 0.3) is 0 Å². The van der Waals surface area contributed by atoms with Crippen LogP contribution in [0, 0.1) is 32.1 Å². The Kier molecular flexibility index (Phi) is 4.75. The molecule has 2 fully saturated rings. The maximum absolute atomic E-state index is 9.38. The summed E-state index contributed by atoms with van der Waals surface area (Å²) in [5.74, 6) is 0.712. The van der Waals surface area contributed by atoms with E-state index in [2.05, 4.69) is 46.4 Å². The quantitative estimate of drug-likeness (QED) is 0.691. The molecule has 0 aliphatic carbocycles. The third-order valence-electron chi connectivity index (χ3n) is 6.61. The Morgan fingerprint density at radius 2 is 2.06 bits per heavy atom. The second-order valence-corrected chi connectivity index (χ2v) is 8.62. The molecule has 1 aromatic carbocycles. The number of aromatic nitrogens is 3. The average Bonchev–Trinajstić information content (AvgIpc) is 3.39. The van der Waals surface area contributed by atoms with Crippen molar-refractivity contribution in [2.75, 3.05) is 23.4 Å². The van der Waals surface area contributed by atoms with Crippen molar-refractivity contribution in [3.63, 3.8) is 0 Å². The van der Waals surface area contributed by atoms with E-state index in [9.17, 15) is 5.26 Å². The Morgan fingerprint density at radius 1 is 1.23 bits per heavy atom. The number of nitrogens with zero attached hydrogens (tertiary/aromatic N) is 5. The molecule has 1 N–H and O–H groups in total. The topological polar surface area (TPSA) is 87.0 Å². The van der Waals surface area contributed by atoms with Gasteiger partial charge in [0.05, 0.1) is 59.0 Å². The standard InChI is InChI=1S/C24H26N6O/c1-13-17(10-25)6-5-7-20(13)14(2)27-24-21-9-22(30-11-19-8-18(30)12-31-19)15(3)26-23(21)16(4)28-29-24/h5-7,9,14,18-19H,8,11-12H2,1-4H3,(H,27,29)/t14-,18?,19?/m1/s1. The molecule has 0 saturated carbocycles. The average molecular weight is 415 g/mol. The number of ether oxygens (including phenoxy) is 1. The van der Waals surface area contributed by atoms with Gasteiger partial charge in [-0.3, -0.25) is 0 Å². The summed E-state index contributed by atoms with van der Waals surface area (Å²) in [6, 6.07) is 10.7. The Hall–Kier alpha value is -3.24. The van der Waals surface area contributed by atoms with Crippen molar-refractivity contribution in [2.24, 2.45) is 0 Å². The number of rotatable bonds is 4. The number of nitriles is 1. The number of aryl methyl sites for hydroxylation is 2. The Bertz CT molecular complexity index is 1220. The van der Waals surface area contributed by atoms with Crippen LogP contribution in [-0.2, 0) is 4.74 Å². The van der Waals surface area contributed by atoms with Crippen LogP contribution in [0.15, 0.2) is 24.3 Å². The first-order valence-corrected chi connectivity index (χ1v) is 10.7. The van der Waals surface area contributed by atoms with Crippen molar-refractivity contribution in [3.05, 3.63) is 52.3 Å². The van der Waals surface area contributed by atoms with E-state index in [-0.39, 0.29) is 6.04 Å². The van der Waals surface area contributed by atoms with Crippen LogP contribution in [0.3, 0.4) is 0 Å². The molecule has 2 saturated heterocycles. The van der Waals surface area contributed by atoms with Crippen LogP contribution in [0.1, 0.15) is 47.5 Å². The van der Waals surface area contributed by atoms with Gasteiger partial charge in [-0.05, 0) is 57.4 Å². The van der Waals surface area contributed by atoms with E-state index in [1.165, 1.54) is 0 Å². The molecule has 2 aliphatic rings. The maximum Gasteiger partial charge on any atom is 0.158 e. The smallest absolute Gasteiger partial charge is 0.158 e. The zero-order valence-corrected chi connectivity index (χ0v) is 18.3. The molecular weight excluding hydrogens is 388 g/mol. The number of morpholine rings is 1. The third-order valence-corrected chi connectivity index (χ3v) is 6.61. The lowest BCUT2D eigenvalue weighted by Crippen LogP contribution is -2.37. The van der Waals surface area contributed by atoms with Gasteiger partial charge in [-0.25, -0.2) is 4.98 Å². The van der Waals surface area contributed by atoms with E-state index in [4.69, 9.17) is 9.72 Å². The molecule has 158 valence electrons. The second-order valence-electron chi connectivity index (χ2n) is 8.62. The maximum atomic E-state index is 9.38. The Labute approximate surface area is 182 Å². The highest BCUT2D eigenvalue weighted by Crippen LogP contribution is 2.37. The van der Waals surface area contributed by atoms with E-state index >= 15 is 0 Å². The summed E-state index contributed by atoms with van der Waals surface area (Å²) in [7, 11) is 0. The number of nitrogens with one attached hydrogen (secondary N) is 1. The number of pyridine rings is 1. The van der Waals surface area contributed by atoms with Crippen molar-refractivity contribution < 1.29 is 4.74 Å². The lowest BCUT2D eigenvalue weighted by Gasteiger charge is -2.30. The first-order chi connectivity index (χ1) is 15.0. The minimum Gasteiger partial charge on any atom is -0.374 e. The van der Waals surface area contributed by atoms with Gasteiger partial charge >= 0.3 is 0 Å². The number of benzene rings is 1. The van der Waals surface area contributed by atoms with Crippen molar-refractivity contribution in [2.45, 2.75) is 52.3 Å². The van der Waals surface area contributed by atoms with Gasteiger partial charge in [0, 0.05) is 11.9 Å². The zero-order chi connectivity index (χ0) is 21.7. The lowest BCUT2D eigenvalue weighted by molar-refractivity contribution is 0.0991. The molecule has 2 aromatic heterocycles. The van der Waals surface area contributed by atoms with Crippen LogP contribution in [0.25, 0.3) is 10.9 Å². The summed E-state index contributed by atoms with van der Waals surface area (Å²) >= 11 is 0. The molecule has 2 unspecified atom stereocenters. The van der Waals surface area contributed by atoms with Gasteiger partial charge in [0.15, 0.2) is 5.82 Å². The van der Waals surface area contributed by atoms with Crippen LogP contribution in [0.2, 0.25) is 0 Å². The van der Waals surface area contributed by atoms with Crippen molar-refractivity contribution >= 4 is 22.4 Å². The zero-order valence-electron chi connectivity index (χ0n) is 18.3. The molecular formula is C24H26N6O. The monoisotopic (exact) mass is 414 g/mol. The third kappa shape index (κ3) is 3.28. The highest BCUT2D eigenvalue weighted by Gasteiger charge is 2.39. The van der Waals surface area contributed by atoms with Gasteiger partial charge in [0.2, 0.25) is 0 Å². The second kappa shape index (κ2) is 7.47. The number of anilines is 2. The minimum absolute atomic E-state index is 0.0329. The summed E-state index contributed by atoms with van der Waals surface area (Å²) in [4.78, 5) is 7.35. The molecule has 0 amide bonds. The summed E-state index contributed by atoms with van der Waals surface area (Å²) in [6.45, 7) is 9.77. The summed E-state index contributed by atoms with van der Waals surface area (Å²) in [5, 5.41) is 22.7. The first-order valence-electron chi connectivity index (χ1n) is 10.7. The first kappa shape index (κ1) is 19.7. The van der Waals surface area contributed by atoms with E-state index in [1.54, 1.807) is 0 Å². The molecule has 2 bridgehead atoms. The number of hydrogen-bond donors (Lipinski definition) is 1. The van der Waals surface area contributed by atoms with Gasteiger partial charge in [0.1, 0.15) is 0 Å². The Balaban J connectivity index is 1.55. The fourth-order valence-corrected chi connectivity index (χ4v) is 4.90. The SMILES string of the molecule is Cc1nc2c(C)nnc(N[C@H](C)c3cccc(C#N)c3C)c2cc1N1CC2CC1CO2. The molecule has 3 atom stereocenters. The summed E-state index contributed by atoms with van der Waals surface area (Å²) in [6.07, 6.45) is 1.41. The van der Waals surface area contributed by atoms with Gasteiger partial charge in [-0.1, -0.05) is 12.1 Å². The lowest BCUT2D eigenvalue weighted by atomic mass is 9.98. The van der Waals surface area contributed by atoms with Crippen LogP contribution in [-0.4, -0.2) is 40.5 Å². The van der Waals surface area contributed by atoms with Gasteiger partial charge in [-0.15, -0.1) is 5.10 Å². The fourth-order valence-electron chi connectivity index (χ4n) is 4.90. The summed E-state index contributed by atoms with van der Waals surface area (Å²) in [5.41, 5.74) is 6.59. The highest BCUT2D eigenvalue weighted by atomic mass is 16.5. The molecule has 5 rings (SSSR count). The van der Waals surface area contributed by atoms with Crippen LogP contribution >= 0.6 is 0 Å².